The Balaban J connectivity index is 1.72. The Morgan fingerprint density at radius 3 is 2.94 bits per heavy atom. The molecule has 0 saturated carbocycles. The van der Waals surface area contributed by atoms with Crippen molar-refractivity contribution in [3.63, 3.8) is 0 Å². The van der Waals surface area contributed by atoms with Crippen LogP contribution in [-0.2, 0) is 0 Å². The van der Waals surface area contributed by atoms with Crippen LogP contribution in [0.2, 0.25) is 0 Å². The van der Waals surface area contributed by atoms with E-state index >= 15 is 0 Å². The fourth-order valence-electron chi connectivity index (χ4n) is 3.14. The summed E-state index contributed by atoms with van der Waals surface area (Å²) in [4.78, 5) is 2.65. The first-order chi connectivity index (χ1) is 7.92. The van der Waals surface area contributed by atoms with Crippen LogP contribution in [0.3, 0.4) is 0 Å². The summed E-state index contributed by atoms with van der Waals surface area (Å²) in [5, 5.41) is 12.1. The molecule has 0 bridgehead atoms. The average molecular weight is 221 g/mol. The lowest BCUT2D eigenvalue weighted by Crippen LogP contribution is -2.44. The van der Waals surface area contributed by atoms with Crippen LogP contribution in [0, 0.1) is 11.3 Å². The number of nitrogens with one attached hydrogen (secondary N) is 1. The first-order valence-electron chi connectivity index (χ1n) is 6.76. The Labute approximate surface area is 98.8 Å². The van der Waals surface area contributed by atoms with E-state index in [-0.39, 0.29) is 0 Å². The second kappa shape index (κ2) is 6.22. The summed E-state index contributed by atoms with van der Waals surface area (Å²) in [6.45, 7) is 3.68. The second-order valence-corrected chi connectivity index (χ2v) is 5.06. The molecule has 0 aliphatic carbocycles. The quantitative estimate of drug-likeness (QED) is 0.721. The number of likely N-dealkylation sites (tertiary alicyclic amines) is 1. The van der Waals surface area contributed by atoms with E-state index < -0.39 is 0 Å². The zero-order valence-electron chi connectivity index (χ0n) is 10.1. The summed E-state index contributed by atoms with van der Waals surface area (Å²) in [5.41, 5.74) is 0. The van der Waals surface area contributed by atoms with E-state index in [9.17, 15) is 0 Å². The van der Waals surface area contributed by atoms with Crippen molar-refractivity contribution in [1.29, 1.82) is 5.26 Å². The molecule has 0 aromatic carbocycles. The summed E-state index contributed by atoms with van der Waals surface area (Å²) >= 11 is 0. The van der Waals surface area contributed by atoms with E-state index in [4.69, 9.17) is 5.26 Å². The monoisotopic (exact) mass is 221 g/mol. The molecule has 2 rings (SSSR count). The zero-order valence-corrected chi connectivity index (χ0v) is 10.1. The van der Waals surface area contributed by atoms with Gasteiger partial charge < -0.3 is 5.32 Å². The zero-order chi connectivity index (χ0) is 11.2. The fraction of sp³-hybridized carbons (Fsp3) is 0.923. The van der Waals surface area contributed by atoms with Gasteiger partial charge in [-0.25, -0.2) is 0 Å². The van der Waals surface area contributed by atoms with E-state index in [0.29, 0.717) is 0 Å². The smallest absolute Gasteiger partial charge is 0.0621 e. The molecular weight excluding hydrogens is 198 g/mol. The normalized spacial score (nSPS) is 30.7. The summed E-state index contributed by atoms with van der Waals surface area (Å²) in [6.07, 6.45) is 8.43. The van der Waals surface area contributed by atoms with Gasteiger partial charge in [0, 0.05) is 18.5 Å². The molecule has 2 aliphatic rings. The largest absolute Gasteiger partial charge is 0.312 e. The third kappa shape index (κ3) is 2.96. The number of hydrogen-bond acceptors (Lipinski definition) is 3. The second-order valence-electron chi connectivity index (χ2n) is 5.06. The van der Waals surface area contributed by atoms with Gasteiger partial charge in [-0.3, -0.25) is 4.90 Å². The van der Waals surface area contributed by atoms with Crippen molar-refractivity contribution in [3.05, 3.63) is 0 Å². The standard InChI is InChI=1S/C13H23N3/c14-8-2-1-3-10-16-11-5-7-13(16)12-6-4-9-15-12/h12-13,15H,1-7,9-11H2. The predicted octanol–water partition coefficient (Wildman–Crippen LogP) is 1.90. The molecule has 2 aliphatic heterocycles. The van der Waals surface area contributed by atoms with Gasteiger partial charge in [0.05, 0.1) is 6.07 Å². The molecule has 2 atom stereocenters. The highest BCUT2D eigenvalue weighted by Gasteiger charge is 2.32. The van der Waals surface area contributed by atoms with E-state index in [1.807, 2.05) is 0 Å². The van der Waals surface area contributed by atoms with Crippen molar-refractivity contribution >= 4 is 0 Å². The summed E-state index contributed by atoms with van der Waals surface area (Å²) < 4.78 is 0. The Morgan fingerprint density at radius 2 is 2.19 bits per heavy atom. The van der Waals surface area contributed by atoms with Gasteiger partial charge in [-0.05, 0) is 58.2 Å². The third-order valence-electron chi connectivity index (χ3n) is 3.96. The maximum absolute atomic E-state index is 8.51. The van der Waals surface area contributed by atoms with E-state index in [2.05, 4.69) is 16.3 Å². The summed E-state index contributed by atoms with van der Waals surface area (Å²) in [5.74, 6) is 0. The summed E-state index contributed by atoms with van der Waals surface area (Å²) in [6, 6.07) is 3.76. The van der Waals surface area contributed by atoms with Gasteiger partial charge in [0.15, 0.2) is 0 Å². The lowest BCUT2D eigenvalue weighted by Gasteiger charge is -2.29. The van der Waals surface area contributed by atoms with Gasteiger partial charge in [0.25, 0.3) is 0 Å². The minimum absolute atomic E-state index is 0.722. The van der Waals surface area contributed by atoms with Crippen molar-refractivity contribution in [2.75, 3.05) is 19.6 Å². The minimum atomic E-state index is 0.722. The van der Waals surface area contributed by atoms with Gasteiger partial charge in [-0.1, -0.05) is 0 Å². The number of rotatable bonds is 5. The Morgan fingerprint density at radius 1 is 1.25 bits per heavy atom. The highest BCUT2D eigenvalue weighted by Crippen LogP contribution is 2.24. The van der Waals surface area contributed by atoms with Crippen LogP contribution in [0.1, 0.15) is 44.9 Å². The fourth-order valence-corrected chi connectivity index (χ4v) is 3.14. The molecule has 1 N–H and O–H groups in total. The first-order valence-corrected chi connectivity index (χ1v) is 6.76. The van der Waals surface area contributed by atoms with Gasteiger partial charge in [0.2, 0.25) is 0 Å². The van der Waals surface area contributed by atoms with Crippen molar-refractivity contribution in [2.45, 2.75) is 57.0 Å². The molecule has 2 heterocycles. The molecule has 0 radical (unpaired) electrons. The molecule has 0 aromatic heterocycles. The molecule has 90 valence electrons. The Hall–Kier alpha value is -0.590. The Kier molecular flexibility index (Phi) is 4.62. The molecule has 2 fully saturated rings. The summed E-state index contributed by atoms with van der Waals surface area (Å²) in [7, 11) is 0. The van der Waals surface area contributed by atoms with E-state index in [1.54, 1.807) is 0 Å². The van der Waals surface area contributed by atoms with Crippen molar-refractivity contribution in [3.8, 4) is 6.07 Å². The van der Waals surface area contributed by atoms with Gasteiger partial charge >= 0.3 is 0 Å². The maximum Gasteiger partial charge on any atom is 0.0621 e. The van der Waals surface area contributed by atoms with Crippen LogP contribution in [0.15, 0.2) is 0 Å². The predicted molar refractivity (Wildman–Crippen MR) is 65.1 cm³/mol. The van der Waals surface area contributed by atoms with E-state index in [1.165, 1.54) is 51.7 Å². The van der Waals surface area contributed by atoms with Gasteiger partial charge in [0.1, 0.15) is 0 Å². The van der Waals surface area contributed by atoms with Crippen molar-refractivity contribution < 1.29 is 0 Å². The molecule has 3 nitrogen and oxygen atoms in total. The molecule has 3 heteroatoms. The maximum atomic E-state index is 8.51. The molecular formula is C13H23N3. The number of nitriles is 1. The van der Waals surface area contributed by atoms with Gasteiger partial charge in [-0.15, -0.1) is 0 Å². The lowest BCUT2D eigenvalue weighted by molar-refractivity contribution is 0.211. The first kappa shape index (κ1) is 11.9. The molecule has 2 saturated heterocycles. The molecule has 0 amide bonds. The van der Waals surface area contributed by atoms with Crippen molar-refractivity contribution in [2.24, 2.45) is 0 Å². The molecule has 16 heavy (non-hydrogen) atoms. The highest BCUT2D eigenvalue weighted by atomic mass is 15.2. The average Bonchev–Trinajstić information content (AvgIpc) is 2.94. The third-order valence-corrected chi connectivity index (χ3v) is 3.96. The number of unbranched alkanes of at least 4 members (excludes halogenated alkanes) is 2. The lowest BCUT2D eigenvalue weighted by atomic mass is 10.0. The number of nitrogens with zero attached hydrogens (tertiary/aromatic N) is 2. The molecule has 0 aromatic rings. The van der Waals surface area contributed by atoms with Crippen LogP contribution in [0.4, 0.5) is 0 Å². The highest BCUT2D eigenvalue weighted by molar-refractivity contribution is 4.91. The van der Waals surface area contributed by atoms with Crippen LogP contribution in [0.25, 0.3) is 0 Å². The topological polar surface area (TPSA) is 39.1 Å². The van der Waals surface area contributed by atoms with Crippen LogP contribution < -0.4 is 5.32 Å². The Bertz CT molecular complexity index is 240. The van der Waals surface area contributed by atoms with Crippen molar-refractivity contribution in [1.82, 2.24) is 10.2 Å². The minimum Gasteiger partial charge on any atom is -0.312 e. The number of hydrogen-bond donors (Lipinski definition) is 1. The SMILES string of the molecule is N#CCCCCN1CCCC1C1CCCN1. The van der Waals surface area contributed by atoms with Crippen LogP contribution >= 0.6 is 0 Å². The molecule has 0 spiro atoms. The molecule has 2 unspecified atom stereocenters. The van der Waals surface area contributed by atoms with Crippen LogP contribution in [0.5, 0.6) is 0 Å². The van der Waals surface area contributed by atoms with Gasteiger partial charge in [-0.2, -0.15) is 5.26 Å². The van der Waals surface area contributed by atoms with E-state index in [0.717, 1.165) is 24.9 Å². The van der Waals surface area contributed by atoms with Crippen LogP contribution in [-0.4, -0.2) is 36.6 Å².